The molecule has 0 aromatic heterocycles. The number of carbonyl (C=O) groups excluding carboxylic acids is 1. The van der Waals surface area contributed by atoms with Crippen molar-refractivity contribution in [3.63, 3.8) is 0 Å². The smallest absolute Gasteiger partial charge is 0.266 e. The Morgan fingerprint density at radius 3 is 2.47 bits per heavy atom. The van der Waals surface area contributed by atoms with Gasteiger partial charge in [0.25, 0.3) is 5.91 Å². The van der Waals surface area contributed by atoms with Crippen LogP contribution in [0.15, 0.2) is 85.0 Å². The van der Waals surface area contributed by atoms with E-state index in [1.165, 1.54) is 6.08 Å². The summed E-state index contributed by atoms with van der Waals surface area (Å²) in [5, 5.41) is 12.5. The molecular formula is C30H30N2O4. The number of hydrogen-bond donors (Lipinski definition) is 1. The molecule has 36 heavy (non-hydrogen) atoms. The summed E-state index contributed by atoms with van der Waals surface area (Å²) in [4.78, 5) is 12.8. The Morgan fingerprint density at radius 1 is 1.00 bits per heavy atom. The van der Waals surface area contributed by atoms with E-state index in [0.29, 0.717) is 54.7 Å². The molecule has 6 heteroatoms. The first-order chi connectivity index (χ1) is 17.6. The Hall–Kier alpha value is -4.50. The minimum atomic E-state index is -0.515. The molecular weight excluding hydrogens is 452 g/mol. The van der Waals surface area contributed by atoms with Gasteiger partial charge in [0.1, 0.15) is 24.0 Å². The molecule has 0 bridgehead atoms. The summed E-state index contributed by atoms with van der Waals surface area (Å²) in [7, 11) is 0. The lowest BCUT2D eigenvalue weighted by molar-refractivity contribution is -0.112. The van der Waals surface area contributed by atoms with Crippen molar-refractivity contribution in [3.05, 3.63) is 102 Å². The molecule has 0 fully saturated rings. The average molecular weight is 483 g/mol. The predicted molar refractivity (Wildman–Crippen MR) is 142 cm³/mol. The second kappa shape index (κ2) is 13.4. The normalized spacial score (nSPS) is 10.8. The van der Waals surface area contributed by atoms with Crippen molar-refractivity contribution in [1.29, 1.82) is 5.26 Å². The van der Waals surface area contributed by atoms with Crippen LogP contribution in [0.4, 0.5) is 5.69 Å². The molecule has 0 aliphatic rings. The summed E-state index contributed by atoms with van der Waals surface area (Å²) in [5.41, 5.74) is 3.03. The van der Waals surface area contributed by atoms with Crippen molar-refractivity contribution >= 4 is 17.7 Å². The van der Waals surface area contributed by atoms with Gasteiger partial charge in [-0.15, -0.1) is 6.58 Å². The molecule has 3 rings (SSSR count). The molecule has 3 aromatic carbocycles. The lowest BCUT2D eigenvalue weighted by atomic mass is 10.0. The summed E-state index contributed by atoms with van der Waals surface area (Å²) < 4.78 is 17.5. The van der Waals surface area contributed by atoms with Crippen LogP contribution in [0.2, 0.25) is 0 Å². The summed E-state index contributed by atoms with van der Waals surface area (Å²) in [5.74, 6) is 1.28. The van der Waals surface area contributed by atoms with Gasteiger partial charge in [-0.3, -0.25) is 4.79 Å². The van der Waals surface area contributed by atoms with E-state index >= 15 is 0 Å². The second-order valence-electron chi connectivity index (χ2n) is 7.79. The number of anilines is 1. The number of amides is 1. The summed E-state index contributed by atoms with van der Waals surface area (Å²) in [6.45, 7) is 8.96. The molecule has 184 valence electrons. The lowest BCUT2D eigenvalue weighted by Crippen LogP contribution is -2.13. The maximum Gasteiger partial charge on any atom is 0.266 e. The minimum absolute atomic E-state index is 0.0400. The van der Waals surface area contributed by atoms with Gasteiger partial charge in [-0.05, 0) is 61.7 Å². The number of hydrogen-bond acceptors (Lipinski definition) is 5. The molecule has 0 saturated heterocycles. The van der Waals surface area contributed by atoms with Gasteiger partial charge in [-0.1, -0.05) is 42.5 Å². The standard InChI is InChI=1S/C30H30N2O4/c1-4-11-24-16-23(18-28(35-6-3)29(24)36-21-22-12-8-7-9-13-22)17-25(20-31)30(33)32-26-14-10-15-27(19-26)34-5-2/h4,7-10,12-19H,1,5-6,11,21H2,2-3H3,(H,32,33)/b25-17-. The van der Waals surface area contributed by atoms with Gasteiger partial charge in [-0.2, -0.15) is 5.26 Å². The van der Waals surface area contributed by atoms with Gasteiger partial charge in [0.05, 0.1) is 13.2 Å². The van der Waals surface area contributed by atoms with E-state index < -0.39 is 5.91 Å². The highest BCUT2D eigenvalue weighted by molar-refractivity contribution is 6.09. The van der Waals surface area contributed by atoms with Crippen LogP contribution in [-0.4, -0.2) is 19.1 Å². The van der Waals surface area contributed by atoms with Gasteiger partial charge in [-0.25, -0.2) is 0 Å². The molecule has 1 amide bonds. The van der Waals surface area contributed by atoms with Crippen LogP contribution in [0.25, 0.3) is 6.08 Å². The number of benzene rings is 3. The van der Waals surface area contributed by atoms with Crippen LogP contribution in [0.5, 0.6) is 17.2 Å². The number of carbonyl (C=O) groups is 1. The zero-order valence-electron chi connectivity index (χ0n) is 20.6. The quantitative estimate of drug-likeness (QED) is 0.185. The number of nitrogens with zero attached hydrogens (tertiary/aromatic N) is 1. The van der Waals surface area contributed by atoms with Crippen molar-refractivity contribution in [3.8, 4) is 23.3 Å². The summed E-state index contributed by atoms with van der Waals surface area (Å²) in [6.07, 6.45) is 3.85. The fourth-order valence-corrected chi connectivity index (χ4v) is 3.57. The molecule has 0 unspecified atom stereocenters. The van der Waals surface area contributed by atoms with Gasteiger partial charge in [0.15, 0.2) is 11.5 Å². The van der Waals surface area contributed by atoms with Crippen LogP contribution in [0, 0.1) is 11.3 Å². The third kappa shape index (κ3) is 7.25. The van der Waals surface area contributed by atoms with Crippen molar-refractivity contribution in [1.82, 2.24) is 0 Å². The minimum Gasteiger partial charge on any atom is -0.494 e. The molecule has 0 aliphatic carbocycles. The third-order valence-electron chi connectivity index (χ3n) is 5.12. The first kappa shape index (κ1) is 26.1. The lowest BCUT2D eigenvalue weighted by Gasteiger charge is -2.17. The molecule has 0 saturated carbocycles. The number of ether oxygens (including phenoxy) is 3. The van der Waals surface area contributed by atoms with E-state index in [2.05, 4.69) is 11.9 Å². The van der Waals surface area contributed by atoms with E-state index in [1.807, 2.05) is 56.3 Å². The summed E-state index contributed by atoms with van der Waals surface area (Å²) in [6, 6.07) is 22.6. The SMILES string of the molecule is C=CCc1cc(/C=C(/C#N)C(=O)Nc2cccc(OCC)c2)cc(OCC)c1OCc1ccccc1. The molecule has 0 spiro atoms. The fourth-order valence-electron chi connectivity index (χ4n) is 3.57. The molecule has 1 N–H and O–H groups in total. The van der Waals surface area contributed by atoms with Gasteiger partial charge < -0.3 is 19.5 Å². The number of allylic oxidation sites excluding steroid dienone is 1. The zero-order valence-corrected chi connectivity index (χ0v) is 20.6. The molecule has 6 nitrogen and oxygen atoms in total. The third-order valence-corrected chi connectivity index (χ3v) is 5.12. The largest absolute Gasteiger partial charge is 0.494 e. The first-order valence-corrected chi connectivity index (χ1v) is 11.8. The Morgan fingerprint density at radius 2 is 1.78 bits per heavy atom. The van der Waals surface area contributed by atoms with Gasteiger partial charge in [0, 0.05) is 17.3 Å². The topological polar surface area (TPSA) is 80.6 Å². The van der Waals surface area contributed by atoms with E-state index in [0.717, 1.165) is 11.1 Å². The van der Waals surface area contributed by atoms with Crippen molar-refractivity contribution < 1.29 is 19.0 Å². The van der Waals surface area contributed by atoms with E-state index in [9.17, 15) is 10.1 Å². The monoisotopic (exact) mass is 482 g/mol. The molecule has 0 radical (unpaired) electrons. The van der Waals surface area contributed by atoms with Crippen molar-refractivity contribution in [2.75, 3.05) is 18.5 Å². The number of nitriles is 1. The molecule has 0 heterocycles. The highest BCUT2D eigenvalue weighted by Crippen LogP contribution is 2.35. The van der Waals surface area contributed by atoms with Crippen LogP contribution in [0.3, 0.4) is 0 Å². The molecule has 3 aromatic rings. The Balaban J connectivity index is 1.90. The summed E-state index contributed by atoms with van der Waals surface area (Å²) >= 11 is 0. The van der Waals surface area contributed by atoms with Crippen molar-refractivity contribution in [2.45, 2.75) is 26.9 Å². The van der Waals surface area contributed by atoms with Crippen LogP contribution in [0.1, 0.15) is 30.5 Å². The Kier molecular flexibility index (Phi) is 9.72. The van der Waals surface area contributed by atoms with Gasteiger partial charge in [0.2, 0.25) is 0 Å². The first-order valence-electron chi connectivity index (χ1n) is 11.8. The van der Waals surface area contributed by atoms with Crippen LogP contribution >= 0.6 is 0 Å². The molecule has 0 atom stereocenters. The van der Waals surface area contributed by atoms with E-state index in [4.69, 9.17) is 14.2 Å². The number of nitrogens with one attached hydrogen (secondary N) is 1. The Labute approximate surface area is 212 Å². The fraction of sp³-hybridized carbons (Fsp3) is 0.200. The Bertz CT molecular complexity index is 1260. The number of rotatable bonds is 12. The zero-order chi connectivity index (χ0) is 25.8. The van der Waals surface area contributed by atoms with E-state index in [-0.39, 0.29) is 5.57 Å². The van der Waals surface area contributed by atoms with Crippen molar-refractivity contribution in [2.24, 2.45) is 0 Å². The van der Waals surface area contributed by atoms with Crippen LogP contribution < -0.4 is 19.5 Å². The highest BCUT2D eigenvalue weighted by Gasteiger charge is 2.16. The maximum absolute atomic E-state index is 12.8. The second-order valence-corrected chi connectivity index (χ2v) is 7.79. The molecule has 0 aliphatic heterocycles. The predicted octanol–water partition coefficient (Wildman–Crippen LogP) is 6.34. The van der Waals surface area contributed by atoms with Crippen LogP contribution in [-0.2, 0) is 17.8 Å². The van der Waals surface area contributed by atoms with E-state index in [1.54, 1.807) is 36.4 Å². The van der Waals surface area contributed by atoms with Gasteiger partial charge >= 0.3 is 0 Å². The maximum atomic E-state index is 12.8. The highest BCUT2D eigenvalue weighted by atomic mass is 16.5. The average Bonchev–Trinajstić information content (AvgIpc) is 2.88.